The third-order valence-corrected chi connectivity index (χ3v) is 22.5. The molecule has 27 heteroatoms. The van der Waals surface area contributed by atoms with Crippen molar-refractivity contribution in [3.63, 3.8) is 0 Å². The van der Waals surface area contributed by atoms with Gasteiger partial charge in [-0.15, -0.1) is 0 Å². The molecule has 0 aromatic heterocycles. The zero-order valence-electron chi connectivity index (χ0n) is 48.3. The normalized spacial score (nSPS) is 57.7. The Labute approximate surface area is 487 Å². The Hall–Kier alpha value is -1.08. The van der Waals surface area contributed by atoms with Crippen LogP contribution in [0.5, 0.6) is 0 Å². The topological polar surface area (TPSA) is 414 Å². The quantitative estimate of drug-likeness (QED) is 0.0736. The summed E-state index contributed by atoms with van der Waals surface area (Å²) >= 11 is 0. The second-order valence-electron chi connectivity index (χ2n) is 27.1. The van der Waals surface area contributed by atoms with Crippen LogP contribution in [0.25, 0.3) is 0 Å². The Morgan fingerprint density at radius 3 is 1.55 bits per heavy atom. The summed E-state index contributed by atoms with van der Waals surface area (Å²) in [4.78, 5) is 0. The monoisotopic (exact) mass is 1210 g/mol. The van der Waals surface area contributed by atoms with E-state index in [9.17, 15) is 76.6 Å². The molecule has 37 atom stereocenters. The number of hydrogen-bond donors (Lipinski definition) is 15. The van der Waals surface area contributed by atoms with Crippen LogP contribution in [0.3, 0.4) is 0 Å². The Balaban J connectivity index is 0.781. The molecule has 4 aliphatic carbocycles. The second-order valence-corrected chi connectivity index (χ2v) is 27.1. The highest BCUT2D eigenvalue weighted by Gasteiger charge is 2.70. The van der Waals surface area contributed by atoms with Gasteiger partial charge in [0, 0.05) is 12.3 Å². The molecular weight excluding hydrogens is 1120 g/mol. The molecule has 27 nitrogen and oxygen atoms in total. The summed E-state index contributed by atoms with van der Waals surface area (Å²) in [7, 11) is 0. The molecule has 7 aliphatic heterocycles. The maximum absolute atomic E-state index is 12.0. The molecule has 0 aromatic carbocycles. The first-order valence-electron chi connectivity index (χ1n) is 30.7. The molecule has 11 rings (SSSR count). The molecule has 0 amide bonds. The van der Waals surface area contributed by atoms with E-state index in [1.165, 1.54) is 6.92 Å². The van der Waals surface area contributed by atoms with Gasteiger partial charge in [-0.05, 0) is 111 Å². The van der Waals surface area contributed by atoms with Gasteiger partial charge >= 0.3 is 0 Å². The highest BCUT2D eigenvalue weighted by atomic mass is 16.8. The molecule has 0 unspecified atom stereocenters. The van der Waals surface area contributed by atoms with Crippen LogP contribution in [0.4, 0.5) is 0 Å². The fourth-order valence-corrected chi connectivity index (χ4v) is 17.6. The SMILES string of the molecule is C[C@@H]1CC[C@@]2(OC1)O[C@H]1C[C@H]3[C@@H]4CC[C@H]5C[C@@H](O[C@@H]6O[C@H](CO)[C@H](O[C@@H]7O[C@H](CO)[C@@H](O)[C@H](O[C@@H]8O[C@H](CO)[C@@H](O)[C@H](O)[C@H]8O)[C@H]7O[C@@H]7O[C@H](CO)[C@@H](O[C@@H]8O[C@@H](C)[C@H](O)[C@@H](O)[C@H]8O)[C@H](O)[C@H]7O)[C@H](O)[C@H]6O)CC[C@]5(C)[C@H]4CC[C@]3(C)[C@H]1[C@@H]2C. The maximum atomic E-state index is 12.0. The number of hydrogen-bond acceptors (Lipinski definition) is 27. The van der Waals surface area contributed by atoms with Crippen LogP contribution in [-0.4, -0.2) is 281 Å². The Morgan fingerprint density at radius 2 is 0.940 bits per heavy atom. The van der Waals surface area contributed by atoms with E-state index in [4.69, 9.17) is 56.8 Å². The zero-order chi connectivity index (χ0) is 60.2. The van der Waals surface area contributed by atoms with Crippen molar-refractivity contribution in [1.29, 1.82) is 0 Å². The van der Waals surface area contributed by atoms with Crippen LogP contribution < -0.4 is 0 Å². The van der Waals surface area contributed by atoms with E-state index in [0.29, 0.717) is 54.3 Å². The molecule has 84 heavy (non-hydrogen) atoms. The van der Waals surface area contributed by atoms with Gasteiger partial charge in [-0.2, -0.15) is 0 Å². The van der Waals surface area contributed by atoms with E-state index >= 15 is 0 Å². The first kappa shape index (κ1) is 64.4. The zero-order valence-corrected chi connectivity index (χ0v) is 48.3. The summed E-state index contributed by atoms with van der Waals surface area (Å²) in [6.45, 7) is 8.05. The molecule has 11 aliphatic rings. The summed E-state index contributed by atoms with van der Waals surface area (Å²) < 4.78 is 73.7. The number of aliphatic hydroxyl groups is 15. The van der Waals surface area contributed by atoms with Crippen molar-refractivity contribution in [2.75, 3.05) is 33.0 Å². The van der Waals surface area contributed by atoms with Gasteiger partial charge in [-0.25, -0.2) is 0 Å². The predicted molar refractivity (Wildman–Crippen MR) is 279 cm³/mol. The van der Waals surface area contributed by atoms with Crippen molar-refractivity contribution >= 4 is 0 Å². The number of fused-ring (bicyclic) bond motifs is 7. The van der Waals surface area contributed by atoms with E-state index in [0.717, 1.165) is 58.0 Å². The standard InChI is InChI=1S/C57H94O27/c1-21-8-13-57(73-20-21)22(2)34-29(84-57)15-28-26-7-6-24-14-25(9-11-55(24,4)27(26)10-12-56(28,34)5)75-51-44(71)40(67)47(33(19-61)78-51)81-54-49(48(37(64)31(17-59)77-54)82-52-43(70)39(66)36(63)30(16-58)76-52)83-53-45(72)41(68)46(32(18-60)79-53)80-50-42(69)38(65)35(62)23(3)74-50/h21-54,58-72H,6-20H2,1-5H3/t21-,22+,23+,24+,25+,26-,27+,28+,29+,30-,31-,32-,33-,34+,35+,36-,37-,38-,39+,40-,41-,42-,43-,44-,45-,46-,47+,48+,49-,50+,51-,52+,53+,54+,55+,56+,57-/m1/s1. The maximum Gasteiger partial charge on any atom is 0.187 e. The molecule has 484 valence electrons. The summed E-state index contributed by atoms with van der Waals surface area (Å²) in [6.07, 6.45) is -35.6. The van der Waals surface area contributed by atoms with E-state index in [2.05, 4.69) is 27.7 Å². The molecule has 0 bridgehead atoms. The van der Waals surface area contributed by atoms with Crippen molar-refractivity contribution in [2.45, 2.75) is 270 Å². The Kier molecular flexibility index (Phi) is 19.3. The average molecular weight is 1210 g/mol. The van der Waals surface area contributed by atoms with Gasteiger partial charge in [0.2, 0.25) is 0 Å². The fraction of sp³-hybridized carbons (Fsp3) is 1.00. The van der Waals surface area contributed by atoms with E-state index in [-0.39, 0.29) is 23.0 Å². The van der Waals surface area contributed by atoms with E-state index < -0.39 is 186 Å². The van der Waals surface area contributed by atoms with Crippen molar-refractivity contribution in [3.8, 4) is 0 Å². The van der Waals surface area contributed by atoms with Gasteiger partial charge in [0.15, 0.2) is 37.2 Å². The largest absolute Gasteiger partial charge is 0.394 e. The van der Waals surface area contributed by atoms with Crippen LogP contribution in [0.2, 0.25) is 0 Å². The van der Waals surface area contributed by atoms with Gasteiger partial charge in [0.25, 0.3) is 0 Å². The van der Waals surface area contributed by atoms with Crippen molar-refractivity contribution in [1.82, 2.24) is 0 Å². The van der Waals surface area contributed by atoms with Gasteiger partial charge in [-0.3, -0.25) is 0 Å². The highest BCUT2D eigenvalue weighted by Crippen LogP contribution is 2.71. The average Bonchev–Trinajstić information content (AvgIpc) is 1.51. The molecule has 1 spiro atoms. The lowest BCUT2D eigenvalue weighted by Crippen LogP contribution is -2.69. The van der Waals surface area contributed by atoms with Gasteiger partial charge < -0.3 is 133 Å². The van der Waals surface area contributed by atoms with Crippen molar-refractivity contribution in [3.05, 3.63) is 0 Å². The molecule has 7 saturated heterocycles. The van der Waals surface area contributed by atoms with E-state index in [1.54, 1.807) is 0 Å². The lowest BCUT2D eigenvalue weighted by Gasteiger charge is -2.61. The third-order valence-electron chi connectivity index (χ3n) is 22.5. The summed E-state index contributed by atoms with van der Waals surface area (Å²) in [5.74, 6) is 2.82. The fourth-order valence-electron chi connectivity index (χ4n) is 17.6. The number of rotatable bonds is 14. The molecule has 7 heterocycles. The lowest BCUT2D eigenvalue weighted by atomic mass is 9.44. The molecule has 15 N–H and O–H groups in total. The summed E-state index contributed by atoms with van der Waals surface area (Å²) in [6, 6.07) is 0. The smallest absolute Gasteiger partial charge is 0.187 e. The minimum atomic E-state index is -2.17. The van der Waals surface area contributed by atoms with Crippen LogP contribution >= 0.6 is 0 Å². The predicted octanol–water partition coefficient (Wildman–Crippen LogP) is -4.06. The molecule has 4 saturated carbocycles. The molecular formula is C57H94O27. The molecule has 0 aromatic rings. The number of aliphatic hydroxyl groups excluding tert-OH is 15. The first-order chi connectivity index (χ1) is 39.9. The van der Waals surface area contributed by atoms with Crippen LogP contribution in [0, 0.1) is 52.3 Å². The highest BCUT2D eigenvalue weighted by molar-refractivity contribution is 5.16. The lowest BCUT2D eigenvalue weighted by molar-refractivity contribution is -0.411. The Bertz CT molecular complexity index is 2180. The van der Waals surface area contributed by atoms with Crippen molar-refractivity contribution < 1.29 is 133 Å². The second kappa shape index (κ2) is 25.2. The van der Waals surface area contributed by atoms with Crippen LogP contribution in [-0.2, 0) is 56.8 Å². The Morgan fingerprint density at radius 1 is 0.429 bits per heavy atom. The van der Waals surface area contributed by atoms with Crippen LogP contribution in [0.15, 0.2) is 0 Å². The number of ether oxygens (including phenoxy) is 12. The summed E-state index contributed by atoms with van der Waals surface area (Å²) in [5.41, 5.74) is 0.218. The molecule has 11 fully saturated rings. The van der Waals surface area contributed by atoms with Gasteiger partial charge in [0.05, 0.1) is 51.3 Å². The molecule has 0 radical (unpaired) electrons. The minimum absolute atomic E-state index is 0.0482. The van der Waals surface area contributed by atoms with Gasteiger partial charge in [-0.1, -0.05) is 27.7 Å². The van der Waals surface area contributed by atoms with Gasteiger partial charge in [0.1, 0.15) is 116 Å². The van der Waals surface area contributed by atoms with Crippen LogP contribution in [0.1, 0.15) is 98.8 Å². The third kappa shape index (κ3) is 11.2. The summed E-state index contributed by atoms with van der Waals surface area (Å²) in [5, 5.41) is 164. The first-order valence-corrected chi connectivity index (χ1v) is 30.7. The minimum Gasteiger partial charge on any atom is -0.394 e. The van der Waals surface area contributed by atoms with E-state index in [1.807, 2.05) is 0 Å². The van der Waals surface area contributed by atoms with Crippen molar-refractivity contribution in [2.24, 2.45) is 52.3 Å².